The van der Waals surface area contributed by atoms with Crippen molar-refractivity contribution in [1.29, 1.82) is 0 Å². The van der Waals surface area contributed by atoms with Crippen molar-refractivity contribution in [2.45, 2.75) is 11.4 Å². The highest BCUT2D eigenvalue weighted by Gasteiger charge is 2.22. The van der Waals surface area contributed by atoms with E-state index >= 15 is 0 Å². The highest BCUT2D eigenvalue weighted by atomic mass is 32.2. The van der Waals surface area contributed by atoms with Crippen molar-refractivity contribution in [2.24, 2.45) is 0 Å². The molecule has 0 radical (unpaired) electrons. The zero-order valence-corrected chi connectivity index (χ0v) is 18.3. The summed E-state index contributed by atoms with van der Waals surface area (Å²) in [6, 6.07) is 18.5. The highest BCUT2D eigenvalue weighted by molar-refractivity contribution is 7.92. The Balaban J connectivity index is 1.74. The number of sulfonamides is 1. The molecule has 0 atom stereocenters. The molecule has 0 N–H and O–H groups in total. The summed E-state index contributed by atoms with van der Waals surface area (Å²) in [7, 11) is 0.821. The smallest absolute Gasteiger partial charge is 0.264 e. The number of carbonyl (C=O) groups excluding carboxylic acids is 1. The average Bonchev–Trinajstić information content (AvgIpc) is 2.78. The Hall–Kier alpha value is -3.39. The lowest BCUT2D eigenvalue weighted by Gasteiger charge is -2.21. The first-order valence-corrected chi connectivity index (χ1v) is 10.9. The molecule has 162 valence electrons. The minimum absolute atomic E-state index is 0.130. The zero-order chi connectivity index (χ0) is 22.6. The molecule has 3 rings (SSSR count). The van der Waals surface area contributed by atoms with E-state index in [1.165, 1.54) is 43.3 Å². The van der Waals surface area contributed by atoms with Crippen molar-refractivity contribution < 1.29 is 22.3 Å². The zero-order valence-electron chi connectivity index (χ0n) is 17.4. The Labute approximate surface area is 181 Å². The molecule has 0 spiro atoms. The third-order valence-corrected chi connectivity index (χ3v) is 6.65. The van der Waals surface area contributed by atoms with Gasteiger partial charge in [-0.05, 0) is 66.2 Å². The number of benzene rings is 3. The van der Waals surface area contributed by atoms with Crippen molar-refractivity contribution >= 4 is 21.6 Å². The number of anilines is 1. The second-order valence-corrected chi connectivity index (χ2v) is 8.96. The molecule has 3 aromatic carbocycles. The molecule has 0 aliphatic carbocycles. The number of ether oxygens (including phenoxy) is 1. The molecule has 6 nitrogen and oxygen atoms in total. The summed E-state index contributed by atoms with van der Waals surface area (Å²) in [5.41, 5.74) is 1.50. The molecular formula is C23H23FN2O4S. The molecule has 0 heterocycles. The van der Waals surface area contributed by atoms with Gasteiger partial charge in [-0.25, -0.2) is 12.8 Å². The van der Waals surface area contributed by atoms with E-state index in [9.17, 15) is 17.6 Å². The second kappa shape index (κ2) is 9.18. The van der Waals surface area contributed by atoms with Crippen LogP contribution in [0.4, 0.5) is 10.1 Å². The number of amides is 1. The fourth-order valence-electron chi connectivity index (χ4n) is 3.06. The third kappa shape index (κ3) is 5.03. The summed E-state index contributed by atoms with van der Waals surface area (Å²) in [4.78, 5) is 14.3. The lowest BCUT2D eigenvalue weighted by atomic mass is 10.1. The first-order valence-electron chi connectivity index (χ1n) is 9.45. The Morgan fingerprint density at radius 3 is 2.19 bits per heavy atom. The van der Waals surface area contributed by atoms with Crippen molar-refractivity contribution in [3.8, 4) is 5.75 Å². The van der Waals surface area contributed by atoms with Gasteiger partial charge in [0.05, 0.1) is 17.7 Å². The van der Waals surface area contributed by atoms with Crippen LogP contribution in [0.2, 0.25) is 0 Å². The highest BCUT2D eigenvalue weighted by Crippen LogP contribution is 2.24. The van der Waals surface area contributed by atoms with Crippen LogP contribution < -0.4 is 9.04 Å². The van der Waals surface area contributed by atoms with Gasteiger partial charge in [0.2, 0.25) is 0 Å². The maximum absolute atomic E-state index is 13.4. The van der Waals surface area contributed by atoms with Gasteiger partial charge in [0, 0.05) is 26.2 Å². The van der Waals surface area contributed by atoms with Crippen LogP contribution in [0.1, 0.15) is 15.9 Å². The van der Waals surface area contributed by atoms with E-state index in [2.05, 4.69) is 0 Å². The molecule has 0 saturated carbocycles. The van der Waals surface area contributed by atoms with Gasteiger partial charge in [0.25, 0.3) is 15.9 Å². The minimum Gasteiger partial charge on any atom is -0.497 e. The van der Waals surface area contributed by atoms with Gasteiger partial charge in [-0.1, -0.05) is 12.1 Å². The third-order valence-electron chi connectivity index (χ3n) is 4.85. The maximum Gasteiger partial charge on any atom is 0.264 e. The standard InChI is InChI=1S/C23H23FN2O4S/c1-25(16-17-5-4-6-19(24)15-17)23(27)18-7-9-20(10-8-18)26(2)31(28,29)22-13-11-21(30-3)12-14-22/h4-15H,16H2,1-3H3. The normalized spacial score (nSPS) is 11.1. The van der Waals surface area contributed by atoms with Crippen LogP contribution in [-0.2, 0) is 16.6 Å². The van der Waals surface area contributed by atoms with E-state index in [0.717, 1.165) is 4.31 Å². The molecule has 0 aliphatic heterocycles. The van der Waals surface area contributed by atoms with Gasteiger partial charge in [0.1, 0.15) is 11.6 Å². The van der Waals surface area contributed by atoms with Crippen LogP contribution in [0.5, 0.6) is 5.75 Å². The molecule has 0 fully saturated rings. The number of methoxy groups -OCH3 is 1. The van der Waals surface area contributed by atoms with Crippen LogP contribution >= 0.6 is 0 Å². The van der Waals surface area contributed by atoms with Crippen LogP contribution in [0.25, 0.3) is 0 Å². The van der Waals surface area contributed by atoms with Crippen molar-refractivity contribution in [3.63, 3.8) is 0 Å². The first-order chi connectivity index (χ1) is 14.7. The van der Waals surface area contributed by atoms with E-state index in [1.807, 2.05) is 0 Å². The molecular weight excluding hydrogens is 419 g/mol. The summed E-state index contributed by atoms with van der Waals surface area (Å²) >= 11 is 0. The molecule has 8 heteroatoms. The van der Waals surface area contributed by atoms with Crippen LogP contribution in [-0.4, -0.2) is 40.4 Å². The van der Waals surface area contributed by atoms with E-state index < -0.39 is 10.0 Å². The predicted molar refractivity (Wildman–Crippen MR) is 117 cm³/mol. The fourth-order valence-corrected chi connectivity index (χ4v) is 4.26. The summed E-state index contributed by atoms with van der Waals surface area (Å²) in [6.07, 6.45) is 0. The molecule has 1 amide bonds. The molecule has 0 aromatic heterocycles. The molecule has 3 aromatic rings. The van der Waals surface area contributed by atoms with Crippen LogP contribution in [0, 0.1) is 5.82 Å². The Morgan fingerprint density at radius 1 is 0.968 bits per heavy atom. The second-order valence-electron chi connectivity index (χ2n) is 6.99. The maximum atomic E-state index is 13.4. The molecule has 0 bridgehead atoms. The quantitative estimate of drug-likeness (QED) is 0.556. The van der Waals surface area contributed by atoms with Gasteiger partial charge in [-0.3, -0.25) is 9.10 Å². The number of hydrogen-bond acceptors (Lipinski definition) is 4. The van der Waals surface area contributed by atoms with Gasteiger partial charge in [-0.15, -0.1) is 0 Å². The summed E-state index contributed by atoms with van der Waals surface area (Å²) < 4.78 is 45.3. The summed E-state index contributed by atoms with van der Waals surface area (Å²) in [6.45, 7) is 0.254. The van der Waals surface area contributed by atoms with E-state index in [0.29, 0.717) is 22.6 Å². The minimum atomic E-state index is -3.76. The topological polar surface area (TPSA) is 66.9 Å². The van der Waals surface area contributed by atoms with Gasteiger partial charge < -0.3 is 9.64 Å². The molecule has 0 unspecified atom stereocenters. The molecule has 31 heavy (non-hydrogen) atoms. The van der Waals surface area contributed by atoms with E-state index in [1.54, 1.807) is 55.6 Å². The van der Waals surface area contributed by atoms with E-state index in [4.69, 9.17) is 4.74 Å². The lowest BCUT2D eigenvalue weighted by Crippen LogP contribution is -2.27. The number of carbonyl (C=O) groups is 1. The largest absolute Gasteiger partial charge is 0.497 e. The Morgan fingerprint density at radius 2 is 1.61 bits per heavy atom. The predicted octanol–water partition coefficient (Wildman–Crippen LogP) is 3.93. The van der Waals surface area contributed by atoms with Crippen molar-refractivity contribution in [3.05, 3.63) is 89.7 Å². The number of nitrogens with zero attached hydrogens (tertiary/aromatic N) is 2. The number of rotatable bonds is 7. The van der Waals surface area contributed by atoms with Gasteiger partial charge >= 0.3 is 0 Å². The number of halogens is 1. The molecule has 0 saturated heterocycles. The molecule has 0 aliphatic rings. The van der Waals surface area contributed by atoms with Crippen LogP contribution in [0.3, 0.4) is 0 Å². The fraction of sp³-hybridized carbons (Fsp3) is 0.174. The van der Waals surface area contributed by atoms with Crippen LogP contribution in [0.15, 0.2) is 77.7 Å². The van der Waals surface area contributed by atoms with Gasteiger partial charge in [-0.2, -0.15) is 0 Å². The SMILES string of the molecule is COc1ccc(S(=O)(=O)N(C)c2ccc(C(=O)N(C)Cc3cccc(F)c3)cc2)cc1. The summed E-state index contributed by atoms with van der Waals surface area (Å²) in [5, 5.41) is 0. The lowest BCUT2D eigenvalue weighted by molar-refractivity contribution is 0.0785. The van der Waals surface area contributed by atoms with Crippen molar-refractivity contribution in [1.82, 2.24) is 4.90 Å². The number of hydrogen-bond donors (Lipinski definition) is 0. The monoisotopic (exact) mass is 442 g/mol. The average molecular weight is 443 g/mol. The van der Waals surface area contributed by atoms with Gasteiger partial charge in [0.15, 0.2) is 0 Å². The Kier molecular flexibility index (Phi) is 6.60. The summed E-state index contributed by atoms with van der Waals surface area (Å²) in [5.74, 6) is -0.0490. The van der Waals surface area contributed by atoms with E-state index in [-0.39, 0.29) is 23.2 Å². The first kappa shape index (κ1) is 22.3. The Bertz CT molecular complexity index is 1160. The van der Waals surface area contributed by atoms with Crippen molar-refractivity contribution in [2.75, 3.05) is 25.5 Å².